The van der Waals surface area contributed by atoms with E-state index in [-0.39, 0.29) is 0 Å². The molecule has 2 heterocycles. The van der Waals surface area contributed by atoms with E-state index in [2.05, 4.69) is 37.5 Å². The summed E-state index contributed by atoms with van der Waals surface area (Å²) in [5, 5.41) is 0. The molecule has 2 fully saturated rings. The molecule has 2 saturated heterocycles. The Morgan fingerprint density at radius 2 is 1.62 bits per heavy atom. The molecule has 2 aliphatic heterocycles. The number of hydrogen-bond acceptors (Lipinski definition) is 3. The van der Waals surface area contributed by atoms with Gasteiger partial charge in [0.15, 0.2) is 0 Å². The highest BCUT2D eigenvalue weighted by Crippen LogP contribution is 2.24. The van der Waals surface area contributed by atoms with Crippen molar-refractivity contribution in [3.63, 3.8) is 0 Å². The molecule has 0 amide bonds. The van der Waals surface area contributed by atoms with E-state index in [4.69, 9.17) is 0 Å². The van der Waals surface area contributed by atoms with Crippen LogP contribution in [0.25, 0.3) is 0 Å². The number of halogens is 2. The SMILES string of the molecule is CC(C)CN1CCN(CCC2CCN(C(C)C)CC2)CC1C(F)F. The Hall–Kier alpha value is -0.260. The first-order valence-corrected chi connectivity index (χ1v) is 9.85. The minimum absolute atomic E-state index is 0.448. The smallest absolute Gasteiger partial charge is 0.255 e. The van der Waals surface area contributed by atoms with Crippen LogP contribution in [0, 0.1) is 11.8 Å². The fourth-order valence-electron chi connectivity index (χ4n) is 4.17. The van der Waals surface area contributed by atoms with Crippen LogP contribution in [0.1, 0.15) is 47.0 Å². The zero-order valence-corrected chi connectivity index (χ0v) is 16.1. The molecular weight excluding hydrogens is 308 g/mol. The molecule has 0 aliphatic carbocycles. The molecule has 0 radical (unpaired) electrons. The van der Waals surface area contributed by atoms with Gasteiger partial charge in [0, 0.05) is 32.2 Å². The molecule has 2 aliphatic rings. The second kappa shape index (κ2) is 9.44. The van der Waals surface area contributed by atoms with E-state index in [1.54, 1.807) is 0 Å². The number of piperazine rings is 1. The summed E-state index contributed by atoms with van der Waals surface area (Å²) >= 11 is 0. The van der Waals surface area contributed by atoms with Gasteiger partial charge in [-0.3, -0.25) is 4.90 Å². The van der Waals surface area contributed by atoms with Gasteiger partial charge in [0.05, 0.1) is 6.04 Å². The summed E-state index contributed by atoms with van der Waals surface area (Å²) in [7, 11) is 0. The predicted molar refractivity (Wildman–Crippen MR) is 96.7 cm³/mol. The lowest BCUT2D eigenvalue weighted by molar-refractivity contribution is -0.0298. The molecular formula is C19H37F2N3. The third kappa shape index (κ3) is 5.92. The van der Waals surface area contributed by atoms with E-state index in [9.17, 15) is 8.78 Å². The van der Waals surface area contributed by atoms with E-state index in [1.165, 1.54) is 32.4 Å². The van der Waals surface area contributed by atoms with Crippen LogP contribution in [0.2, 0.25) is 0 Å². The highest BCUT2D eigenvalue weighted by molar-refractivity contribution is 4.85. The summed E-state index contributed by atoms with van der Waals surface area (Å²) in [6.07, 6.45) is 1.47. The van der Waals surface area contributed by atoms with Crippen molar-refractivity contribution in [2.45, 2.75) is 65.5 Å². The van der Waals surface area contributed by atoms with Crippen LogP contribution < -0.4 is 0 Å². The monoisotopic (exact) mass is 345 g/mol. The first-order valence-electron chi connectivity index (χ1n) is 9.85. The number of likely N-dealkylation sites (tertiary alicyclic amines) is 1. The fourth-order valence-corrected chi connectivity index (χ4v) is 4.17. The second-order valence-electron chi connectivity index (χ2n) is 8.45. The molecule has 1 atom stereocenters. The zero-order chi connectivity index (χ0) is 17.7. The van der Waals surface area contributed by atoms with Crippen molar-refractivity contribution >= 4 is 0 Å². The van der Waals surface area contributed by atoms with Gasteiger partial charge in [0.2, 0.25) is 0 Å². The Labute approximate surface area is 147 Å². The standard InChI is InChI=1S/C19H37F2N3/c1-15(2)13-24-12-11-22(14-18(24)19(20)21)8-5-17-6-9-23(10-7-17)16(3)4/h15-19H,5-14H2,1-4H3. The van der Waals surface area contributed by atoms with Gasteiger partial charge in [0.1, 0.15) is 0 Å². The quantitative estimate of drug-likeness (QED) is 0.700. The summed E-state index contributed by atoms with van der Waals surface area (Å²) in [6.45, 7) is 15.2. The lowest BCUT2D eigenvalue weighted by atomic mass is 9.92. The van der Waals surface area contributed by atoms with Crippen LogP contribution in [-0.4, -0.2) is 79.0 Å². The van der Waals surface area contributed by atoms with Crippen molar-refractivity contribution in [1.82, 2.24) is 14.7 Å². The minimum atomic E-state index is -2.24. The highest BCUT2D eigenvalue weighted by atomic mass is 19.3. The Morgan fingerprint density at radius 3 is 2.17 bits per heavy atom. The molecule has 3 nitrogen and oxygen atoms in total. The summed E-state index contributed by atoms with van der Waals surface area (Å²) in [5.74, 6) is 1.22. The zero-order valence-electron chi connectivity index (χ0n) is 16.1. The van der Waals surface area contributed by atoms with Crippen LogP contribution in [0.15, 0.2) is 0 Å². The molecule has 1 unspecified atom stereocenters. The number of rotatable bonds is 7. The second-order valence-corrected chi connectivity index (χ2v) is 8.45. The van der Waals surface area contributed by atoms with Gasteiger partial charge in [0.25, 0.3) is 6.43 Å². The number of nitrogens with zero attached hydrogens (tertiary/aromatic N) is 3. The fraction of sp³-hybridized carbons (Fsp3) is 1.00. The van der Waals surface area contributed by atoms with Crippen LogP contribution >= 0.6 is 0 Å². The van der Waals surface area contributed by atoms with Crippen molar-refractivity contribution in [3.8, 4) is 0 Å². The first-order chi connectivity index (χ1) is 11.4. The summed E-state index contributed by atoms with van der Waals surface area (Å²) in [4.78, 5) is 6.84. The van der Waals surface area contributed by atoms with Gasteiger partial charge >= 0.3 is 0 Å². The largest absolute Gasteiger partial charge is 0.301 e. The number of piperidine rings is 1. The van der Waals surface area contributed by atoms with Gasteiger partial charge in [-0.1, -0.05) is 13.8 Å². The maximum atomic E-state index is 13.4. The molecule has 142 valence electrons. The van der Waals surface area contributed by atoms with Crippen molar-refractivity contribution in [1.29, 1.82) is 0 Å². The molecule has 24 heavy (non-hydrogen) atoms. The molecule has 0 spiro atoms. The maximum Gasteiger partial charge on any atom is 0.255 e. The van der Waals surface area contributed by atoms with E-state index in [1.807, 2.05) is 4.90 Å². The Kier molecular flexibility index (Phi) is 7.89. The van der Waals surface area contributed by atoms with E-state index in [0.717, 1.165) is 32.1 Å². The van der Waals surface area contributed by atoms with Crippen molar-refractivity contribution in [3.05, 3.63) is 0 Å². The van der Waals surface area contributed by atoms with Gasteiger partial charge in [-0.15, -0.1) is 0 Å². The van der Waals surface area contributed by atoms with Crippen molar-refractivity contribution < 1.29 is 8.78 Å². The average molecular weight is 346 g/mol. The molecule has 0 aromatic heterocycles. The van der Waals surface area contributed by atoms with Crippen LogP contribution in [0.3, 0.4) is 0 Å². The maximum absolute atomic E-state index is 13.4. The van der Waals surface area contributed by atoms with Gasteiger partial charge < -0.3 is 9.80 Å². The van der Waals surface area contributed by atoms with Crippen LogP contribution in [-0.2, 0) is 0 Å². The molecule has 0 bridgehead atoms. The summed E-state index contributed by atoms with van der Waals surface area (Å²) < 4.78 is 26.9. The third-order valence-electron chi connectivity index (χ3n) is 5.74. The first kappa shape index (κ1) is 20.1. The van der Waals surface area contributed by atoms with Crippen LogP contribution in [0.4, 0.5) is 8.78 Å². The summed E-state index contributed by atoms with van der Waals surface area (Å²) in [5.41, 5.74) is 0. The van der Waals surface area contributed by atoms with Crippen molar-refractivity contribution in [2.24, 2.45) is 11.8 Å². The molecule has 0 saturated carbocycles. The lowest BCUT2D eigenvalue weighted by Gasteiger charge is -2.42. The molecule has 2 rings (SSSR count). The molecule has 5 heteroatoms. The van der Waals surface area contributed by atoms with Crippen molar-refractivity contribution in [2.75, 3.05) is 45.8 Å². The molecule has 0 N–H and O–H groups in total. The van der Waals surface area contributed by atoms with E-state index >= 15 is 0 Å². The highest BCUT2D eigenvalue weighted by Gasteiger charge is 2.33. The lowest BCUT2D eigenvalue weighted by Crippen LogP contribution is -2.57. The number of alkyl halides is 2. The molecule has 0 aromatic carbocycles. The predicted octanol–water partition coefficient (Wildman–Crippen LogP) is 3.40. The Balaban J connectivity index is 1.74. The number of hydrogen-bond donors (Lipinski definition) is 0. The Morgan fingerprint density at radius 1 is 0.958 bits per heavy atom. The minimum Gasteiger partial charge on any atom is -0.301 e. The van der Waals surface area contributed by atoms with E-state index in [0.29, 0.717) is 18.5 Å². The van der Waals surface area contributed by atoms with Gasteiger partial charge in [-0.05, 0) is 64.6 Å². The van der Waals surface area contributed by atoms with Gasteiger partial charge in [-0.25, -0.2) is 8.78 Å². The topological polar surface area (TPSA) is 9.72 Å². The van der Waals surface area contributed by atoms with Crippen LogP contribution in [0.5, 0.6) is 0 Å². The van der Waals surface area contributed by atoms with Gasteiger partial charge in [-0.2, -0.15) is 0 Å². The average Bonchev–Trinajstić information content (AvgIpc) is 2.53. The van der Waals surface area contributed by atoms with E-state index < -0.39 is 12.5 Å². The normalized spacial score (nSPS) is 26.1. The summed E-state index contributed by atoms with van der Waals surface area (Å²) in [6, 6.07) is 0.0655. The molecule has 0 aromatic rings. The third-order valence-corrected chi connectivity index (χ3v) is 5.74. The Bertz CT molecular complexity index is 355.